The first-order valence-electron chi connectivity index (χ1n) is 4.62. The zero-order valence-corrected chi connectivity index (χ0v) is 8.62. The van der Waals surface area contributed by atoms with Crippen molar-refractivity contribution in [3.63, 3.8) is 0 Å². The molecule has 0 saturated heterocycles. The summed E-state index contributed by atoms with van der Waals surface area (Å²) in [5.41, 5.74) is 1.39. The van der Waals surface area contributed by atoms with Gasteiger partial charge in [0, 0.05) is 22.9 Å². The molecule has 1 aromatic carbocycles. The second-order valence-electron chi connectivity index (χ2n) is 3.65. The Morgan fingerprint density at radius 3 is 2.93 bits per heavy atom. The Hall–Kier alpha value is -1.35. The molecule has 1 aliphatic carbocycles. The number of fused-ring (bicyclic) bond motifs is 1. The van der Waals surface area contributed by atoms with Gasteiger partial charge in [0.25, 0.3) is 0 Å². The number of carbonyl (C=O) groups excluding carboxylic acids is 1. The van der Waals surface area contributed by atoms with Crippen LogP contribution in [-0.4, -0.2) is 16.9 Å². The van der Waals surface area contributed by atoms with Crippen LogP contribution in [0.15, 0.2) is 18.2 Å². The number of halogens is 1. The minimum atomic E-state index is -0.888. The number of ketones is 1. The molecule has 1 aliphatic rings. The summed E-state index contributed by atoms with van der Waals surface area (Å²) in [4.78, 5) is 22.1. The molecule has 0 fully saturated rings. The summed E-state index contributed by atoms with van der Waals surface area (Å²) in [6.07, 6.45) is 0.265. The molecule has 4 heteroatoms. The number of hydrogen-bond donors (Lipinski definition) is 1. The van der Waals surface area contributed by atoms with Gasteiger partial charge in [-0.1, -0.05) is 11.6 Å². The summed E-state index contributed by atoms with van der Waals surface area (Å²) in [5.74, 6) is -1.10. The number of carbonyl (C=O) groups is 2. The van der Waals surface area contributed by atoms with Crippen LogP contribution in [-0.2, 0) is 4.79 Å². The lowest BCUT2D eigenvalue weighted by Crippen LogP contribution is -2.03. The van der Waals surface area contributed by atoms with E-state index < -0.39 is 5.97 Å². The van der Waals surface area contributed by atoms with E-state index in [9.17, 15) is 9.59 Å². The summed E-state index contributed by atoms with van der Waals surface area (Å²) in [6.45, 7) is 0. The summed E-state index contributed by atoms with van der Waals surface area (Å²) in [6, 6.07) is 5.01. The van der Waals surface area contributed by atoms with Crippen molar-refractivity contribution in [2.75, 3.05) is 0 Å². The minimum Gasteiger partial charge on any atom is -0.481 e. The Morgan fingerprint density at radius 2 is 2.27 bits per heavy atom. The number of carboxylic acid groups (broad SMARTS) is 1. The molecule has 0 bridgehead atoms. The van der Waals surface area contributed by atoms with Crippen LogP contribution in [0.2, 0.25) is 5.02 Å². The average Bonchev–Trinajstić information content (AvgIpc) is 2.42. The van der Waals surface area contributed by atoms with Gasteiger partial charge in [0.2, 0.25) is 0 Å². The van der Waals surface area contributed by atoms with Crippen LogP contribution >= 0.6 is 11.6 Å². The maximum Gasteiger partial charge on any atom is 0.303 e. The molecule has 0 radical (unpaired) electrons. The molecule has 3 nitrogen and oxygen atoms in total. The monoisotopic (exact) mass is 224 g/mol. The number of carboxylic acids is 1. The van der Waals surface area contributed by atoms with Crippen molar-refractivity contribution in [3.05, 3.63) is 34.3 Å². The van der Waals surface area contributed by atoms with Gasteiger partial charge in [0.05, 0.1) is 6.42 Å². The zero-order chi connectivity index (χ0) is 11.0. The summed E-state index contributed by atoms with van der Waals surface area (Å²) in [7, 11) is 0. The fraction of sp³-hybridized carbons (Fsp3) is 0.273. The van der Waals surface area contributed by atoms with E-state index in [4.69, 9.17) is 16.7 Å². The van der Waals surface area contributed by atoms with E-state index in [0.29, 0.717) is 10.6 Å². The van der Waals surface area contributed by atoms with E-state index in [-0.39, 0.29) is 24.5 Å². The van der Waals surface area contributed by atoms with Gasteiger partial charge in [-0.3, -0.25) is 9.59 Å². The van der Waals surface area contributed by atoms with Crippen LogP contribution in [0.4, 0.5) is 0 Å². The summed E-state index contributed by atoms with van der Waals surface area (Å²) < 4.78 is 0. The zero-order valence-electron chi connectivity index (χ0n) is 7.87. The molecule has 1 N–H and O–H groups in total. The predicted octanol–water partition coefficient (Wildman–Crippen LogP) is 2.48. The van der Waals surface area contributed by atoms with Crippen molar-refractivity contribution in [3.8, 4) is 0 Å². The fourth-order valence-electron chi connectivity index (χ4n) is 1.96. The summed E-state index contributed by atoms with van der Waals surface area (Å²) in [5, 5.41) is 9.25. The molecular formula is C11H9ClO3. The topological polar surface area (TPSA) is 54.4 Å². The van der Waals surface area contributed by atoms with Crippen LogP contribution in [0.5, 0.6) is 0 Å². The molecule has 1 unspecified atom stereocenters. The quantitative estimate of drug-likeness (QED) is 0.840. The molecule has 0 aromatic heterocycles. The van der Waals surface area contributed by atoms with E-state index in [0.717, 1.165) is 5.56 Å². The molecule has 15 heavy (non-hydrogen) atoms. The predicted molar refractivity (Wildman–Crippen MR) is 55.4 cm³/mol. The van der Waals surface area contributed by atoms with Gasteiger partial charge >= 0.3 is 5.97 Å². The third kappa shape index (κ3) is 1.88. The maximum absolute atomic E-state index is 11.5. The van der Waals surface area contributed by atoms with Crippen molar-refractivity contribution in [2.45, 2.75) is 18.8 Å². The van der Waals surface area contributed by atoms with Crippen molar-refractivity contribution < 1.29 is 14.7 Å². The molecule has 0 spiro atoms. The first-order chi connectivity index (χ1) is 7.08. The first-order valence-corrected chi connectivity index (χ1v) is 5.00. The Kier molecular flexibility index (Phi) is 2.49. The van der Waals surface area contributed by atoms with E-state index in [1.165, 1.54) is 0 Å². The molecule has 1 aromatic rings. The lowest BCUT2D eigenvalue weighted by molar-refractivity contribution is -0.137. The van der Waals surface area contributed by atoms with Crippen molar-refractivity contribution in [1.82, 2.24) is 0 Å². The third-order valence-electron chi connectivity index (χ3n) is 2.61. The lowest BCUT2D eigenvalue weighted by atomic mass is 9.98. The minimum absolute atomic E-state index is 0.00733. The standard InChI is InChI=1S/C11H9ClO3/c12-7-1-2-8-9(5-7)6(3-10(8)13)4-11(14)15/h1-2,5-6H,3-4H2,(H,14,15). The smallest absolute Gasteiger partial charge is 0.303 e. The lowest BCUT2D eigenvalue weighted by Gasteiger charge is -2.06. The highest BCUT2D eigenvalue weighted by Crippen LogP contribution is 2.36. The summed E-state index contributed by atoms with van der Waals surface area (Å²) >= 11 is 5.81. The average molecular weight is 225 g/mol. The Labute approximate surface area is 91.7 Å². The van der Waals surface area contributed by atoms with E-state index in [2.05, 4.69) is 0 Å². The molecular weight excluding hydrogens is 216 g/mol. The van der Waals surface area contributed by atoms with Crippen molar-refractivity contribution in [1.29, 1.82) is 0 Å². The third-order valence-corrected chi connectivity index (χ3v) is 2.84. The number of rotatable bonds is 2. The molecule has 2 rings (SSSR count). The van der Waals surface area contributed by atoms with Crippen LogP contribution in [0.1, 0.15) is 34.7 Å². The van der Waals surface area contributed by atoms with Gasteiger partial charge in [-0.2, -0.15) is 0 Å². The molecule has 0 saturated carbocycles. The highest BCUT2D eigenvalue weighted by Gasteiger charge is 2.30. The molecule has 0 heterocycles. The van der Waals surface area contributed by atoms with E-state index in [1.807, 2.05) is 0 Å². The van der Waals surface area contributed by atoms with E-state index in [1.54, 1.807) is 18.2 Å². The van der Waals surface area contributed by atoms with Crippen LogP contribution in [0.25, 0.3) is 0 Å². The first kappa shape index (κ1) is 10.2. The van der Waals surface area contributed by atoms with Crippen molar-refractivity contribution >= 4 is 23.4 Å². The van der Waals surface area contributed by atoms with Gasteiger partial charge in [0.15, 0.2) is 5.78 Å². The highest BCUT2D eigenvalue weighted by molar-refractivity contribution is 6.30. The molecule has 0 amide bonds. The number of aliphatic carboxylic acids is 1. The van der Waals surface area contributed by atoms with E-state index >= 15 is 0 Å². The normalized spacial score (nSPS) is 19.0. The highest BCUT2D eigenvalue weighted by atomic mass is 35.5. The van der Waals surface area contributed by atoms with Crippen LogP contribution < -0.4 is 0 Å². The second-order valence-corrected chi connectivity index (χ2v) is 4.09. The van der Waals surface area contributed by atoms with Crippen molar-refractivity contribution in [2.24, 2.45) is 0 Å². The Bertz CT molecular complexity index is 437. The van der Waals surface area contributed by atoms with Crippen LogP contribution in [0.3, 0.4) is 0 Å². The Balaban J connectivity index is 2.39. The maximum atomic E-state index is 11.5. The number of Topliss-reactive ketones (excluding diaryl/α,β-unsaturated/α-hetero) is 1. The van der Waals surface area contributed by atoms with Gasteiger partial charge in [0.1, 0.15) is 0 Å². The number of hydrogen-bond acceptors (Lipinski definition) is 2. The van der Waals surface area contributed by atoms with Crippen LogP contribution in [0, 0.1) is 0 Å². The van der Waals surface area contributed by atoms with Gasteiger partial charge in [-0.15, -0.1) is 0 Å². The molecule has 1 atom stereocenters. The Morgan fingerprint density at radius 1 is 1.53 bits per heavy atom. The molecule has 0 aliphatic heterocycles. The largest absolute Gasteiger partial charge is 0.481 e. The fourth-order valence-corrected chi connectivity index (χ4v) is 2.14. The second kappa shape index (κ2) is 3.66. The van der Waals surface area contributed by atoms with Gasteiger partial charge in [-0.25, -0.2) is 0 Å². The van der Waals surface area contributed by atoms with Gasteiger partial charge < -0.3 is 5.11 Å². The SMILES string of the molecule is O=C(O)CC1CC(=O)c2ccc(Cl)cc21. The van der Waals surface area contributed by atoms with Gasteiger partial charge in [-0.05, 0) is 23.8 Å². The molecule has 78 valence electrons. The number of benzene rings is 1.